The van der Waals surface area contributed by atoms with E-state index in [1.165, 1.54) is 31.2 Å². The van der Waals surface area contributed by atoms with E-state index >= 15 is 0 Å². The molecule has 1 aromatic carbocycles. The van der Waals surface area contributed by atoms with Gasteiger partial charge in [-0.2, -0.15) is 0 Å². The summed E-state index contributed by atoms with van der Waals surface area (Å²) in [6.45, 7) is 7.64. The average molecular weight is 340 g/mol. The lowest BCUT2D eigenvalue weighted by atomic mass is 9.89. The number of halogens is 1. The van der Waals surface area contributed by atoms with Crippen molar-refractivity contribution in [2.75, 3.05) is 6.54 Å². The summed E-state index contributed by atoms with van der Waals surface area (Å²) in [4.78, 5) is 0. The van der Waals surface area contributed by atoms with Crippen molar-refractivity contribution < 1.29 is 4.74 Å². The van der Waals surface area contributed by atoms with Crippen LogP contribution in [0.1, 0.15) is 58.1 Å². The van der Waals surface area contributed by atoms with E-state index in [9.17, 15) is 0 Å². The van der Waals surface area contributed by atoms with Crippen LogP contribution in [0.2, 0.25) is 0 Å². The number of nitrogens with one attached hydrogen (secondary N) is 1. The molecule has 1 aromatic rings. The number of benzene rings is 1. The molecule has 2 rings (SSSR count). The third kappa shape index (κ3) is 4.23. The van der Waals surface area contributed by atoms with E-state index in [0.717, 1.165) is 22.7 Å². The van der Waals surface area contributed by atoms with E-state index in [1.54, 1.807) is 0 Å². The Labute approximate surface area is 131 Å². The van der Waals surface area contributed by atoms with Crippen molar-refractivity contribution in [3.63, 3.8) is 0 Å². The maximum atomic E-state index is 6.16. The molecule has 1 unspecified atom stereocenters. The van der Waals surface area contributed by atoms with Crippen molar-refractivity contribution in [1.29, 1.82) is 0 Å². The molecule has 0 radical (unpaired) electrons. The SMILES string of the molecule is CCNC(C)c1ccc(OC2CCC(C)CC2)c(Br)c1. The summed E-state index contributed by atoms with van der Waals surface area (Å²) < 4.78 is 7.23. The molecule has 3 heteroatoms. The second kappa shape index (κ2) is 7.46. The summed E-state index contributed by atoms with van der Waals surface area (Å²) in [5.74, 6) is 1.85. The number of hydrogen-bond donors (Lipinski definition) is 1. The van der Waals surface area contributed by atoms with Crippen molar-refractivity contribution >= 4 is 15.9 Å². The molecule has 1 saturated carbocycles. The Morgan fingerprint density at radius 1 is 1.30 bits per heavy atom. The largest absolute Gasteiger partial charge is 0.489 e. The third-order valence-electron chi connectivity index (χ3n) is 4.22. The molecule has 0 bridgehead atoms. The second-order valence-electron chi connectivity index (χ2n) is 5.97. The molecule has 2 nitrogen and oxygen atoms in total. The summed E-state index contributed by atoms with van der Waals surface area (Å²) in [6, 6.07) is 6.82. The quantitative estimate of drug-likeness (QED) is 0.807. The van der Waals surface area contributed by atoms with Crippen LogP contribution in [0, 0.1) is 5.92 Å². The van der Waals surface area contributed by atoms with Gasteiger partial charge in [-0.3, -0.25) is 0 Å². The van der Waals surface area contributed by atoms with Crippen molar-refractivity contribution in [2.24, 2.45) is 5.92 Å². The molecule has 0 spiro atoms. The summed E-state index contributed by atoms with van der Waals surface area (Å²) in [5.41, 5.74) is 1.29. The highest BCUT2D eigenvalue weighted by molar-refractivity contribution is 9.10. The molecule has 1 N–H and O–H groups in total. The molecule has 112 valence electrons. The maximum Gasteiger partial charge on any atom is 0.133 e. The normalized spacial score (nSPS) is 24.4. The minimum atomic E-state index is 0.376. The Balaban J connectivity index is 1.99. The fraction of sp³-hybridized carbons (Fsp3) is 0.647. The maximum absolute atomic E-state index is 6.16. The van der Waals surface area contributed by atoms with Crippen molar-refractivity contribution in [2.45, 2.75) is 58.6 Å². The zero-order chi connectivity index (χ0) is 14.5. The minimum Gasteiger partial charge on any atom is -0.489 e. The van der Waals surface area contributed by atoms with E-state index in [-0.39, 0.29) is 0 Å². The van der Waals surface area contributed by atoms with Gasteiger partial charge in [0.2, 0.25) is 0 Å². The van der Waals surface area contributed by atoms with E-state index in [0.29, 0.717) is 12.1 Å². The van der Waals surface area contributed by atoms with Gasteiger partial charge in [-0.15, -0.1) is 0 Å². The predicted molar refractivity (Wildman–Crippen MR) is 88.3 cm³/mol. The first-order valence-electron chi connectivity index (χ1n) is 7.79. The van der Waals surface area contributed by atoms with E-state index in [2.05, 4.69) is 60.2 Å². The van der Waals surface area contributed by atoms with Crippen molar-refractivity contribution in [1.82, 2.24) is 5.32 Å². The highest BCUT2D eigenvalue weighted by Crippen LogP contribution is 2.32. The van der Waals surface area contributed by atoms with Gasteiger partial charge in [-0.1, -0.05) is 19.9 Å². The molecule has 1 aliphatic rings. The molecule has 0 aromatic heterocycles. The Morgan fingerprint density at radius 2 is 2.00 bits per heavy atom. The van der Waals surface area contributed by atoms with Gasteiger partial charge < -0.3 is 10.1 Å². The first kappa shape index (κ1) is 15.8. The fourth-order valence-electron chi connectivity index (χ4n) is 2.83. The third-order valence-corrected chi connectivity index (χ3v) is 4.84. The molecular weight excluding hydrogens is 314 g/mol. The Hall–Kier alpha value is -0.540. The minimum absolute atomic E-state index is 0.376. The van der Waals surface area contributed by atoms with Crippen LogP contribution in [0.4, 0.5) is 0 Å². The van der Waals surface area contributed by atoms with Crippen LogP contribution in [-0.2, 0) is 0 Å². The van der Waals surface area contributed by atoms with Crippen LogP contribution < -0.4 is 10.1 Å². The number of rotatable bonds is 5. The van der Waals surface area contributed by atoms with Gasteiger partial charge >= 0.3 is 0 Å². The molecule has 20 heavy (non-hydrogen) atoms. The van der Waals surface area contributed by atoms with Gasteiger partial charge in [0.05, 0.1) is 10.6 Å². The monoisotopic (exact) mass is 339 g/mol. The predicted octanol–water partition coefficient (Wildman–Crippen LogP) is 5.08. The molecule has 1 aliphatic carbocycles. The van der Waals surface area contributed by atoms with Gasteiger partial charge in [0.1, 0.15) is 5.75 Å². The van der Waals surface area contributed by atoms with Gasteiger partial charge in [-0.25, -0.2) is 0 Å². The van der Waals surface area contributed by atoms with E-state index < -0.39 is 0 Å². The zero-order valence-electron chi connectivity index (χ0n) is 12.8. The molecule has 0 aliphatic heterocycles. The standard InChI is InChI=1S/C17H26BrNO/c1-4-19-13(3)14-7-10-17(16(18)11-14)20-15-8-5-12(2)6-9-15/h7,10-13,15,19H,4-6,8-9H2,1-3H3. The fourth-order valence-corrected chi connectivity index (χ4v) is 3.32. The second-order valence-corrected chi connectivity index (χ2v) is 6.82. The van der Waals surface area contributed by atoms with Crippen LogP contribution in [-0.4, -0.2) is 12.6 Å². The molecule has 1 atom stereocenters. The Morgan fingerprint density at radius 3 is 2.60 bits per heavy atom. The lowest BCUT2D eigenvalue weighted by Crippen LogP contribution is -2.23. The molecule has 0 amide bonds. The summed E-state index contributed by atoms with van der Waals surface area (Å²) >= 11 is 3.65. The Bertz CT molecular complexity index is 427. The number of ether oxygens (including phenoxy) is 1. The van der Waals surface area contributed by atoms with Crippen LogP contribution >= 0.6 is 15.9 Å². The van der Waals surface area contributed by atoms with Crippen LogP contribution in [0.3, 0.4) is 0 Å². The van der Waals surface area contributed by atoms with E-state index in [4.69, 9.17) is 4.74 Å². The van der Waals surface area contributed by atoms with Crippen molar-refractivity contribution in [3.8, 4) is 5.75 Å². The number of hydrogen-bond acceptors (Lipinski definition) is 2. The highest BCUT2D eigenvalue weighted by atomic mass is 79.9. The molecule has 1 fully saturated rings. The van der Waals surface area contributed by atoms with Gasteiger partial charge in [0, 0.05) is 6.04 Å². The average Bonchev–Trinajstić information content (AvgIpc) is 2.43. The van der Waals surface area contributed by atoms with Gasteiger partial charge in [0.25, 0.3) is 0 Å². The molecular formula is C17H26BrNO. The lowest BCUT2D eigenvalue weighted by Gasteiger charge is -2.27. The molecule has 0 saturated heterocycles. The molecule has 0 heterocycles. The zero-order valence-corrected chi connectivity index (χ0v) is 14.4. The Kier molecular flexibility index (Phi) is 5.91. The highest BCUT2D eigenvalue weighted by Gasteiger charge is 2.20. The van der Waals surface area contributed by atoms with Crippen LogP contribution in [0.25, 0.3) is 0 Å². The van der Waals surface area contributed by atoms with Crippen molar-refractivity contribution in [3.05, 3.63) is 28.2 Å². The first-order chi connectivity index (χ1) is 9.60. The van der Waals surface area contributed by atoms with Gasteiger partial charge in [0.15, 0.2) is 0 Å². The summed E-state index contributed by atoms with van der Waals surface area (Å²) in [6.07, 6.45) is 5.33. The van der Waals surface area contributed by atoms with Crippen LogP contribution in [0.15, 0.2) is 22.7 Å². The van der Waals surface area contributed by atoms with Crippen LogP contribution in [0.5, 0.6) is 5.75 Å². The smallest absolute Gasteiger partial charge is 0.133 e. The first-order valence-corrected chi connectivity index (χ1v) is 8.59. The van der Waals surface area contributed by atoms with E-state index in [1.807, 2.05) is 0 Å². The topological polar surface area (TPSA) is 21.3 Å². The summed E-state index contributed by atoms with van der Waals surface area (Å²) in [5, 5.41) is 3.43. The van der Waals surface area contributed by atoms with Gasteiger partial charge in [-0.05, 0) is 78.7 Å². The summed E-state index contributed by atoms with van der Waals surface area (Å²) in [7, 11) is 0. The lowest BCUT2D eigenvalue weighted by molar-refractivity contribution is 0.134.